The van der Waals surface area contributed by atoms with Crippen LogP contribution in [0.3, 0.4) is 0 Å². The number of hydrogen-bond acceptors (Lipinski definition) is 2. The van der Waals surface area contributed by atoms with Crippen LogP contribution < -0.4 is 0 Å². The van der Waals surface area contributed by atoms with Crippen LogP contribution in [0.4, 0.5) is 0 Å². The number of nitrogens with zero attached hydrogens (tertiary/aromatic N) is 1. The molecule has 1 saturated carbocycles. The molecule has 1 aliphatic carbocycles. The highest BCUT2D eigenvalue weighted by molar-refractivity contribution is 7.99. The molecule has 4 rings (SSSR count). The number of carbonyl (C=O) groups is 1. The zero-order valence-electron chi connectivity index (χ0n) is 20.2. The Bertz CT molecular complexity index is 1010. The minimum absolute atomic E-state index is 0.0456. The maximum atomic E-state index is 14.5. The van der Waals surface area contributed by atoms with Gasteiger partial charge in [0.15, 0.2) is 0 Å². The SMILES string of the molecule is C=CC[C@@]1(CC)C[C@H](c2cccc(Cl)c2)[C@@H](c2ccc(Cl)cc2)N(C(CSCC)C2CC2)C1=O. The summed E-state index contributed by atoms with van der Waals surface area (Å²) in [6.45, 7) is 8.39. The van der Waals surface area contributed by atoms with E-state index >= 15 is 0 Å². The van der Waals surface area contributed by atoms with Crippen molar-refractivity contribution in [2.24, 2.45) is 11.3 Å². The molecule has 1 aliphatic heterocycles. The van der Waals surface area contributed by atoms with Crippen molar-refractivity contribution in [1.82, 2.24) is 4.90 Å². The van der Waals surface area contributed by atoms with Gasteiger partial charge in [0, 0.05) is 27.8 Å². The van der Waals surface area contributed by atoms with Gasteiger partial charge in [-0.1, -0.05) is 67.4 Å². The second-order valence-corrected chi connectivity index (χ2v) is 12.0. The number of hydrogen-bond donors (Lipinski definition) is 0. The molecule has 1 heterocycles. The number of piperidine rings is 1. The maximum Gasteiger partial charge on any atom is 0.229 e. The number of carbonyl (C=O) groups excluding carboxylic acids is 1. The van der Waals surface area contributed by atoms with E-state index in [-0.39, 0.29) is 18.0 Å². The third-order valence-electron chi connectivity index (χ3n) is 7.70. The fourth-order valence-electron chi connectivity index (χ4n) is 5.71. The maximum absolute atomic E-state index is 14.5. The van der Waals surface area contributed by atoms with Crippen molar-refractivity contribution in [3.05, 3.63) is 82.4 Å². The van der Waals surface area contributed by atoms with Crippen LogP contribution in [0, 0.1) is 11.3 Å². The Balaban J connectivity index is 1.90. The van der Waals surface area contributed by atoms with Gasteiger partial charge >= 0.3 is 0 Å². The average molecular weight is 517 g/mol. The molecule has 1 amide bonds. The van der Waals surface area contributed by atoms with E-state index in [1.54, 1.807) is 0 Å². The lowest BCUT2D eigenvalue weighted by Crippen LogP contribution is -2.57. The summed E-state index contributed by atoms with van der Waals surface area (Å²) in [5, 5.41) is 1.45. The summed E-state index contributed by atoms with van der Waals surface area (Å²) in [7, 11) is 0. The summed E-state index contributed by atoms with van der Waals surface area (Å²) in [6, 6.07) is 16.5. The summed E-state index contributed by atoms with van der Waals surface area (Å²) >= 11 is 14.7. The molecule has 182 valence electrons. The van der Waals surface area contributed by atoms with Gasteiger partial charge in [-0.25, -0.2) is 0 Å². The largest absolute Gasteiger partial charge is 0.330 e. The van der Waals surface area contributed by atoms with Crippen LogP contribution in [0.1, 0.15) is 69.0 Å². The molecule has 0 bridgehead atoms. The van der Waals surface area contributed by atoms with Crippen molar-refractivity contribution in [2.45, 2.75) is 64.0 Å². The predicted octanol–water partition coefficient (Wildman–Crippen LogP) is 8.55. The van der Waals surface area contributed by atoms with E-state index in [0.717, 1.165) is 34.9 Å². The van der Waals surface area contributed by atoms with Crippen LogP contribution >= 0.6 is 35.0 Å². The molecule has 2 aliphatic rings. The molecule has 2 aromatic carbocycles. The van der Waals surface area contributed by atoms with Gasteiger partial charge in [-0.05, 0) is 79.2 Å². The molecule has 5 heteroatoms. The molecule has 4 atom stereocenters. The summed E-state index contributed by atoms with van der Waals surface area (Å²) < 4.78 is 0. The van der Waals surface area contributed by atoms with Crippen molar-refractivity contribution in [2.75, 3.05) is 11.5 Å². The molecule has 2 nitrogen and oxygen atoms in total. The summed E-state index contributed by atoms with van der Waals surface area (Å²) in [5.41, 5.74) is 1.91. The number of halogens is 2. The number of thioether (sulfide) groups is 1. The molecule has 1 saturated heterocycles. The smallest absolute Gasteiger partial charge is 0.229 e. The number of benzene rings is 2. The molecular weight excluding hydrogens is 481 g/mol. The van der Waals surface area contributed by atoms with E-state index in [1.165, 1.54) is 18.4 Å². The first-order valence-corrected chi connectivity index (χ1v) is 14.4. The Morgan fingerprint density at radius 1 is 1.12 bits per heavy atom. The van der Waals surface area contributed by atoms with Crippen molar-refractivity contribution in [3.8, 4) is 0 Å². The first-order chi connectivity index (χ1) is 16.4. The van der Waals surface area contributed by atoms with Gasteiger partial charge in [0.1, 0.15) is 0 Å². The second-order valence-electron chi connectivity index (χ2n) is 9.77. The van der Waals surface area contributed by atoms with Crippen molar-refractivity contribution in [3.63, 3.8) is 0 Å². The number of rotatable bonds is 10. The Kier molecular flexibility index (Phi) is 8.38. The highest BCUT2D eigenvalue weighted by atomic mass is 35.5. The molecule has 1 unspecified atom stereocenters. The molecule has 0 spiro atoms. The third kappa shape index (κ3) is 5.22. The monoisotopic (exact) mass is 515 g/mol. The zero-order valence-corrected chi connectivity index (χ0v) is 22.5. The van der Waals surface area contributed by atoms with Crippen LogP contribution in [0.2, 0.25) is 10.0 Å². The Morgan fingerprint density at radius 2 is 1.85 bits per heavy atom. The second kappa shape index (κ2) is 11.1. The van der Waals surface area contributed by atoms with E-state index in [4.69, 9.17) is 23.2 Å². The van der Waals surface area contributed by atoms with Gasteiger partial charge in [0.2, 0.25) is 5.91 Å². The zero-order chi connectivity index (χ0) is 24.3. The number of allylic oxidation sites excluding steroid dienone is 1. The van der Waals surface area contributed by atoms with Crippen LogP contribution in [0.25, 0.3) is 0 Å². The summed E-state index contributed by atoms with van der Waals surface area (Å²) in [6.07, 6.45) is 6.63. The molecule has 2 aromatic rings. The first-order valence-electron chi connectivity index (χ1n) is 12.5. The average Bonchev–Trinajstić information content (AvgIpc) is 3.67. The molecule has 0 N–H and O–H groups in total. The van der Waals surface area contributed by atoms with E-state index < -0.39 is 5.41 Å². The van der Waals surface area contributed by atoms with Crippen molar-refractivity contribution < 1.29 is 4.79 Å². The van der Waals surface area contributed by atoms with Gasteiger partial charge in [-0.15, -0.1) is 6.58 Å². The van der Waals surface area contributed by atoms with E-state index in [9.17, 15) is 4.79 Å². The highest BCUT2D eigenvalue weighted by Gasteiger charge is 2.54. The standard InChI is InChI=1S/C29H35Cl2NOS/c1-4-16-29(5-2)18-25(22-8-7-9-24(31)17-22)27(21-12-14-23(30)15-13-21)32(28(29)33)26(19-34-6-3)20-10-11-20/h4,7-9,12-15,17,20,25-27H,1,5-6,10-11,16,18-19H2,2-3H3/t25-,26?,27-,29+/m1/s1. The number of amides is 1. The van der Waals surface area contributed by atoms with E-state index in [0.29, 0.717) is 23.3 Å². The summed E-state index contributed by atoms with van der Waals surface area (Å²) in [4.78, 5) is 16.8. The normalized spacial score (nSPS) is 25.9. The summed E-state index contributed by atoms with van der Waals surface area (Å²) in [5.74, 6) is 3.05. The molecular formula is C29H35Cl2NOS. The van der Waals surface area contributed by atoms with Crippen LogP contribution in [-0.2, 0) is 4.79 Å². The fraction of sp³-hybridized carbons (Fsp3) is 0.483. The van der Waals surface area contributed by atoms with Crippen LogP contribution in [-0.4, -0.2) is 28.4 Å². The van der Waals surface area contributed by atoms with Gasteiger partial charge in [0.05, 0.1) is 11.5 Å². The minimum Gasteiger partial charge on any atom is -0.330 e. The minimum atomic E-state index is -0.443. The fourth-order valence-corrected chi connectivity index (χ4v) is 6.95. The molecule has 2 fully saturated rings. The van der Waals surface area contributed by atoms with Crippen molar-refractivity contribution >= 4 is 40.9 Å². The molecule has 0 aromatic heterocycles. The lowest BCUT2D eigenvalue weighted by molar-refractivity contribution is -0.156. The Hall–Kier alpha value is -1.42. The Morgan fingerprint density at radius 3 is 2.44 bits per heavy atom. The van der Waals surface area contributed by atoms with Gasteiger partial charge < -0.3 is 4.90 Å². The lowest BCUT2D eigenvalue weighted by atomic mass is 9.65. The van der Waals surface area contributed by atoms with Crippen molar-refractivity contribution in [1.29, 1.82) is 0 Å². The van der Waals surface area contributed by atoms with E-state index in [1.807, 2.05) is 42.1 Å². The topological polar surface area (TPSA) is 20.3 Å². The van der Waals surface area contributed by atoms with Gasteiger partial charge in [-0.3, -0.25) is 4.79 Å². The predicted molar refractivity (Wildman–Crippen MR) is 147 cm³/mol. The van der Waals surface area contributed by atoms with Gasteiger partial charge in [0.25, 0.3) is 0 Å². The van der Waals surface area contributed by atoms with E-state index in [2.05, 4.69) is 49.6 Å². The lowest BCUT2D eigenvalue weighted by Gasteiger charge is -2.53. The molecule has 0 radical (unpaired) electrons. The Labute approximate surface area is 219 Å². The van der Waals surface area contributed by atoms with Crippen LogP contribution in [0.15, 0.2) is 61.2 Å². The molecule has 34 heavy (non-hydrogen) atoms. The van der Waals surface area contributed by atoms with Gasteiger partial charge in [-0.2, -0.15) is 11.8 Å². The quantitative estimate of drug-likeness (QED) is 0.295. The first kappa shape index (κ1) is 25.7. The number of likely N-dealkylation sites (tertiary alicyclic amines) is 1. The highest BCUT2D eigenvalue weighted by Crippen LogP contribution is 2.55. The third-order valence-corrected chi connectivity index (χ3v) is 9.17. The van der Waals surface area contributed by atoms with Crippen LogP contribution in [0.5, 0.6) is 0 Å².